The van der Waals surface area contributed by atoms with Crippen molar-refractivity contribution in [2.75, 3.05) is 5.32 Å². The number of rotatable bonds is 5. The highest BCUT2D eigenvalue weighted by molar-refractivity contribution is 5.98. The lowest BCUT2D eigenvalue weighted by Gasteiger charge is -2.06. The fourth-order valence-electron chi connectivity index (χ4n) is 4.03. The molecule has 0 fully saturated rings. The lowest BCUT2D eigenvalue weighted by Crippen LogP contribution is -2.09. The van der Waals surface area contributed by atoms with Gasteiger partial charge in [0.15, 0.2) is 0 Å². The summed E-state index contributed by atoms with van der Waals surface area (Å²) in [6.07, 6.45) is 7.27. The summed E-state index contributed by atoms with van der Waals surface area (Å²) in [6, 6.07) is 15.4. The molecule has 3 N–H and O–H groups in total. The van der Waals surface area contributed by atoms with Crippen LogP contribution in [0, 0.1) is 0 Å². The minimum atomic E-state index is -0.0668. The Labute approximate surface area is 199 Å². The van der Waals surface area contributed by atoms with Crippen LogP contribution in [0.3, 0.4) is 0 Å². The van der Waals surface area contributed by atoms with Crippen LogP contribution in [0.5, 0.6) is 0 Å². The van der Waals surface area contributed by atoms with E-state index >= 15 is 0 Å². The molecule has 9 heteroatoms. The van der Waals surface area contributed by atoms with Crippen LogP contribution in [0.2, 0.25) is 0 Å². The number of carbonyl (C=O) groups is 1. The Balaban J connectivity index is 1.43. The van der Waals surface area contributed by atoms with Crippen LogP contribution in [-0.2, 0) is 4.79 Å². The number of H-pyrrole nitrogens is 2. The molecule has 0 aromatic carbocycles. The first-order chi connectivity index (χ1) is 17.2. The predicted molar refractivity (Wildman–Crippen MR) is 134 cm³/mol. The number of aromatic amines is 2. The fraction of sp³-hybridized carbons (Fsp3) is 0.0769. The van der Waals surface area contributed by atoms with Crippen molar-refractivity contribution in [3.05, 3.63) is 73.3 Å². The van der Waals surface area contributed by atoms with Gasteiger partial charge in [0.1, 0.15) is 11.2 Å². The summed E-state index contributed by atoms with van der Waals surface area (Å²) in [4.78, 5) is 33.4. The monoisotopic (exact) mass is 460 g/mol. The van der Waals surface area contributed by atoms with E-state index in [2.05, 4.69) is 35.5 Å². The third-order valence-corrected chi connectivity index (χ3v) is 5.76. The molecule has 0 radical (unpaired) electrons. The van der Waals surface area contributed by atoms with E-state index in [1.165, 1.54) is 0 Å². The number of anilines is 1. The molecule has 0 saturated heterocycles. The molecule has 6 aromatic heterocycles. The summed E-state index contributed by atoms with van der Waals surface area (Å²) < 4.78 is 0. The molecule has 9 nitrogen and oxygen atoms in total. The number of hydrogen-bond acceptors (Lipinski definition) is 6. The summed E-state index contributed by atoms with van der Waals surface area (Å²) in [5.41, 5.74) is 7.77. The first kappa shape index (κ1) is 20.7. The number of hydrogen-bond donors (Lipinski definition) is 3. The van der Waals surface area contributed by atoms with Crippen molar-refractivity contribution < 1.29 is 4.79 Å². The summed E-state index contributed by atoms with van der Waals surface area (Å²) in [6.45, 7) is 1.81. The third-order valence-electron chi connectivity index (χ3n) is 5.76. The number of pyridine rings is 4. The van der Waals surface area contributed by atoms with Gasteiger partial charge < -0.3 is 10.3 Å². The molecule has 170 valence electrons. The van der Waals surface area contributed by atoms with Gasteiger partial charge in [-0.2, -0.15) is 5.10 Å². The van der Waals surface area contributed by atoms with Crippen molar-refractivity contribution in [3.8, 4) is 34.0 Å². The SMILES string of the molecule is CCC(=O)Nc1cncc(-c2ccc3[nH]nc(-c4cc5c(-c6ccccn6)nccc5[nH]4)c3n2)c1. The molecule has 0 aliphatic rings. The molecule has 0 unspecified atom stereocenters. The number of nitrogens with one attached hydrogen (secondary N) is 3. The standard InChI is InChI=1S/C26H20N8O/c1-2-23(35)30-16-11-15(13-27-14-16)18-6-7-21-25(32-18)26(34-33-21)22-12-17-19(31-22)8-10-29-24(17)20-5-3-4-9-28-20/h3-14,31H,2H2,1H3,(H,30,35)(H,33,34). The molecule has 0 atom stereocenters. The van der Waals surface area contributed by atoms with Crippen LogP contribution in [-0.4, -0.2) is 41.0 Å². The Morgan fingerprint density at radius 3 is 2.74 bits per heavy atom. The second-order valence-electron chi connectivity index (χ2n) is 8.05. The Hall–Kier alpha value is -4.92. The van der Waals surface area contributed by atoms with Crippen LogP contribution in [0.15, 0.2) is 73.3 Å². The average molecular weight is 461 g/mol. The summed E-state index contributed by atoms with van der Waals surface area (Å²) in [5, 5.41) is 11.4. The summed E-state index contributed by atoms with van der Waals surface area (Å²) in [5.74, 6) is -0.0668. The van der Waals surface area contributed by atoms with Crippen LogP contribution in [0.4, 0.5) is 5.69 Å². The molecule has 0 saturated carbocycles. The minimum absolute atomic E-state index is 0.0668. The first-order valence-electron chi connectivity index (χ1n) is 11.2. The molecule has 0 aliphatic carbocycles. The van der Waals surface area contributed by atoms with Crippen molar-refractivity contribution in [2.24, 2.45) is 0 Å². The Bertz CT molecular complexity index is 1690. The van der Waals surface area contributed by atoms with Crippen LogP contribution < -0.4 is 5.32 Å². The van der Waals surface area contributed by atoms with Gasteiger partial charge in [0, 0.05) is 41.5 Å². The molecule has 0 aliphatic heterocycles. The lowest BCUT2D eigenvalue weighted by molar-refractivity contribution is -0.115. The smallest absolute Gasteiger partial charge is 0.224 e. The molecule has 35 heavy (non-hydrogen) atoms. The zero-order valence-electron chi connectivity index (χ0n) is 18.8. The zero-order chi connectivity index (χ0) is 23.8. The van der Waals surface area contributed by atoms with Gasteiger partial charge in [0.05, 0.1) is 40.2 Å². The summed E-state index contributed by atoms with van der Waals surface area (Å²) in [7, 11) is 0. The van der Waals surface area contributed by atoms with E-state index in [0.717, 1.165) is 50.3 Å². The molecule has 0 spiro atoms. The van der Waals surface area contributed by atoms with Crippen LogP contribution in [0.25, 0.3) is 56.0 Å². The Kier molecular flexibility index (Phi) is 4.99. The Morgan fingerprint density at radius 2 is 1.89 bits per heavy atom. The zero-order valence-corrected chi connectivity index (χ0v) is 18.8. The van der Waals surface area contributed by atoms with Crippen molar-refractivity contribution >= 4 is 33.5 Å². The number of fused-ring (bicyclic) bond motifs is 2. The van der Waals surface area contributed by atoms with E-state index in [1.54, 1.807) is 24.8 Å². The van der Waals surface area contributed by atoms with Crippen molar-refractivity contribution in [1.29, 1.82) is 0 Å². The molecular formula is C26H20N8O. The van der Waals surface area contributed by atoms with Gasteiger partial charge in [-0.15, -0.1) is 0 Å². The highest BCUT2D eigenvalue weighted by Crippen LogP contribution is 2.32. The highest BCUT2D eigenvalue weighted by Gasteiger charge is 2.16. The van der Waals surface area contributed by atoms with Crippen molar-refractivity contribution in [2.45, 2.75) is 13.3 Å². The predicted octanol–water partition coefficient (Wildman–Crippen LogP) is 4.97. The minimum Gasteiger partial charge on any atom is -0.353 e. The normalized spacial score (nSPS) is 11.2. The largest absolute Gasteiger partial charge is 0.353 e. The van der Waals surface area contributed by atoms with Crippen molar-refractivity contribution in [3.63, 3.8) is 0 Å². The molecule has 1 amide bonds. The van der Waals surface area contributed by atoms with Crippen LogP contribution >= 0.6 is 0 Å². The fourth-order valence-corrected chi connectivity index (χ4v) is 4.03. The highest BCUT2D eigenvalue weighted by atomic mass is 16.1. The van der Waals surface area contributed by atoms with Gasteiger partial charge in [-0.3, -0.25) is 24.8 Å². The molecule has 6 heterocycles. The quantitative estimate of drug-likeness (QED) is 0.333. The van der Waals surface area contributed by atoms with Gasteiger partial charge in [-0.05, 0) is 42.5 Å². The van der Waals surface area contributed by atoms with Gasteiger partial charge in [0.2, 0.25) is 5.91 Å². The number of carbonyl (C=O) groups excluding carboxylic acids is 1. The lowest BCUT2D eigenvalue weighted by atomic mass is 10.1. The Morgan fingerprint density at radius 1 is 0.943 bits per heavy atom. The van der Waals surface area contributed by atoms with Crippen molar-refractivity contribution in [1.82, 2.24) is 35.1 Å². The average Bonchev–Trinajstić information content (AvgIpc) is 3.53. The van der Waals surface area contributed by atoms with E-state index in [0.29, 0.717) is 17.8 Å². The van der Waals surface area contributed by atoms with Gasteiger partial charge in [-0.25, -0.2) is 4.98 Å². The molecule has 6 rings (SSSR count). The molecular weight excluding hydrogens is 440 g/mol. The first-order valence-corrected chi connectivity index (χ1v) is 11.2. The maximum Gasteiger partial charge on any atom is 0.224 e. The topological polar surface area (TPSA) is 125 Å². The van der Waals surface area contributed by atoms with Gasteiger partial charge in [-0.1, -0.05) is 13.0 Å². The molecule has 0 bridgehead atoms. The van der Waals surface area contributed by atoms with E-state index in [9.17, 15) is 4.79 Å². The second kappa shape index (κ2) is 8.45. The third kappa shape index (κ3) is 3.78. The molecule has 6 aromatic rings. The van der Waals surface area contributed by atoms with E-state index in [4.69, 9.17) is 4.98 Å². The van der Waals surface area contributed by atoms with Crippen LogP contribution in [0.1, 0.15) is 13.3 Å². The number of amides is 1. The number of aromatic nitrogens is 7. The van der Waals surface area contributed by atoms with E-state index in [-0.39, 0.29) is 5.91 Å². The van der Waals surface area contributed by atoms with Gasteiger partial charge in [0.25, 0.3) is 0 Å². The van der Waals surface area contributed by atoms with E-state index < -0.39 is 0 Å². The second-order valence-corrected chi connectivity index (χ2v) is 8.05. The number of nitrogens with zero attached hydrogens (tertiary/aromatic N) is 5. The van der Waals surface area contributed by atoms with E-state index in [1.807, 2.05) is 55.5 Å². The maximum absolute atomic E-state index is 11.8. The van der Waals surface area contributed by atoms with Gasteiger partial charge >= 0.3 is 0 Å². The maximum atomic E-state index is 11.8. The summed E-state index contributed by atoms with van der Waals surface area (Å²) >= 11 is 0.